The molecule has 7 heteroatoms. The van der Waals surface area contributed by atoms with Crippen LogP contribution in [0.4, 0.5) is 16.0 Å². The van der Waals surface area contributed by atoms with E-state index in [1.54, 1.807) is 11.9 Å². The molecule has 0 spiro atoms. The quantitative estimate of drug-likeness (QED) is 0.784. The molecule has 1 saturated heterocycles. The van der Waals surface area contributed by atoms with Crippen molar-refractivity contribution in [2.45, 2.75) is 12.8 Å². The van der Waals surface area contributed by atoms with E-state index in [-0.39, 0.29) is 23.5 Å². The van der Waals surface area contributed by atoms with Crippen LogP contribution in [0.1, 0.15) is 12.8 Å². The molecule has 1 amide bonds. The predicted molar refractivity (Wildman–Crippen MR) is 65.4 cm³/mol. The van der Waals surface area contributed by atoms with Gasteiger partial charge >= 0.3 is 0 Å². The lowest BCUT2D eigenvalue weighted by molar-refractivity contribution is -0.125. The van der Waals surface area contributed by atoms with E-state index in [1.165, 1.54) is 6.33 Å². The summed E-state index contributed by atoms with van der Waals surface area (Å²) in [7, 11) is 1.62. The summed E-state index contributed by atoms with van der Waals surface area (Å²) in [4.78, 5) is 20.8. The Morgan fingerprint density at radius 3 is 2.78 bits per heavy atom. The molecule has 0 unspecified atom stereocenters. The average molecular weight is 253 g/mol. The molecular formula is C11H16FN5O. The molecule has 0 radical (unpaired) electrons. The van der Waals surface area contributed by atoms with Gasteiger partial charge in [0, 0.05) is 26.1 Å². The number of carbonyl (C=O) groups excluding carboxylic acids is 1. The first-order valence-corrected chi connectivity index (χ1v) is 5.86. The van der Waals surface area contributed by atoms with Gasteiger partial charge in [-0.15, -0.1) is 0 Å². The largest absolute Gasteiger partial charge is 0.381 e. The summed E-state index contributed by atoms with van der Waals surface area (Å²) >= 11 is 0. The van der Waals surface area contributed by atoms with Gasteiger partial charge in [-0.05, 0) is 12.8 Å². The molecule has 1 fully saturated rings. The van der Waals surface area contributed by atoms with Crippen molar-refractivity contribution in [3.8, 4) is 0 Å². The zero-order valence-corrected chi connectivity index (χ0v) is 10.2. The molecule has 98 valence electrons. The van der Waals surface area contributed by atoms with Crippen molar-refractivity contribution in [1.82, 2.24) is 15.3 Å². The van der Waals surface area contributed by atoms with Crippen molar-refractivity contribution in [2.24, 2.45) is 5.92 Å². The Bertz CT molecular complexity index is 445. The normalized spacial score (nSPS) is 16.7. The summed E-state index contributed by atoms with van der Waals surface area (Å²) in [6, 6.07) is 0. The Balaban J connectivity index is 2.06. The maximum atomic E-state index is 13.7. The van der Waals surface area contributed by atoms with E-state index in [2.05, 4.69) is 15.3 Å². The van der Waals surface area contributed by atoms with Gasteiger partial charge in [-0.2, -0.15) is 4.39 Å². The van der Waals surface area contributed by atoms with E-state index >= 15 is 0 Å². The zero-order chi connectivity index (χ0) is 13.1. The third-order valence-corrected chi connectivity index (χ3v) is 3.21. The van der Waals surface area contributed by atoms with Crippen molar-refractivity contribution >= 4 is 17.5 Å². The number of halogens is 1. The van der Waals surface area contributed by atoms with Crippen LogP contribution in [0.2, 0.25) is 0 Å². The van der Waals surface area contributed by atoms with Crippen LogP contribution in [0.25, 0.3) is 0 Å². The zero-order valence-electron chi connectivity index (χ0n) is 10.2. The molecule has 6 nitrogen and oxygen atoms in total. The molecule has 1 aromatic rings. The van der Waals surface area contributed by atoms with E-state index in [0.29, 0.717) is 25.9 Å². The fraction of sp³-hybridized carbons (Fsp3) is 0.545. The second-order valence-electron chi connectivity index (χ2n) is 4.27. The minimum absolute atomic E-state index is 0.00602. The number of amides is 1. The first kappa shape index (κ1) is 12.5. The Kier molecular flexibility index (Phi) is 3.59. The number of nitrogens with two attached hydrogens (primary N) is 1. The topological polar surface area (TPSA) is 84.1 Å². The third-order valence-electron chi connectivity index (χ3n) is 3.21. The van der Waals surface area contributed by atoms with Crippen molar-refractivity contribution in [3.63, 3.8) is 0 Å². The number of nitrogens with zero attached hydrogens (tertiary/aromatic N) is 3. The summed E-state index contributed by atoms with van der Waals surface area (Å²) in [6.07, 6.45) is 2.62. The molecule has 3 N–H and O–H groups in total. The van der Waals surface area contributed by atoms with Gasteiger partial charge in [-0.25, -0.2) is 9.97 Å². The molecule has 1 aliphatic rings. The van der Waals surface area contributed by atoms with Crippen molar-refractivity contribution in [1.29, 1.82) is 0 Å². The molecule has 0 atom stereocenters. The van der Waals surface area contributed by atoms with Crippen molar-refractivity contribution in [3.05, 3.63) is 12.1 Å². The van der Waals surface area contributed by atoms with Gasteiger partial charge in [-0.3, -0.25) is 4.79 Å². The fourth-order valence-corrected chi connectivity index (χ4v) is 2.15. The summed E-state index contributed by atoms with van der Waals surface area (Å²) in [5.41, 5.74) is 5.41. The first-order chi connectivity index (χ1) is 8.63. The number of piperidine rings is 1. The average Bonchev–Trinajstić information content (AvgIpc) is 2.41. The van der Waals surface area contributed by atoms with Crippen LogP contribution in [-0.2, 0) is 4.79 Å². The molecular weight excluding hydrogens is 237 g/mol. The first-order valence-electron chi connectivity index (χ1n) is 5.86. The Morgan fingerprint density at radius 2 is 2.17 bits per heavy atom. The monoisotopic (exact) mass is 253 g/mol. The predicted octanol–water partition coefficient (Wildman–Crippen LogP) is 0.160. The number of hydrogen-bond donors (Lipinski definition) is 2. The van der Waals surface area contributed by atoms with Gasteiger partial charge in [0.1, 0.15) is 6.33 Å². The molecule has 0 aliphatic carbocycles. The fourth-order valence-electron chi connectivity index (χ4n) is 2.15. The molecule has 2 heterocycles. The summed E-state index contributed by atoms with van der Waals surface area (Å²) in [5, 5.41) is 2.63. The van der Waals surface area contributed by atoms with E-state index < -0.39 is 5.82 Å². The highest BCUT2D eigenvalue weighted by molar-refractivity contribution is 5.78. The molecule has 1 aromatic heterocycles. The van der Waals surface area contributed by atoms with E-state index in [4.69, 9.17) is 5.73 Å². The minimum atomic E-state index is -0.587. The van der Waals surface area contributed by atoms with Crippen LogP contribution in [-0.4, -0.2) is 36.0 Å². The Hall–Kier alpha value is -1.92. The highest BCUT2D eigenvalue weighted by atomic mass is 19.1. The van der Waals surface area contributed by atoms with Crippen molar-refractivity contribution in [2.75, 3.05) is 30.8 Å². The number of aromatic nitrogens is 2. The summed E-state index contributed by atoms with van der Waals surface area (Å²) < 4.78 is 13.7. The van der Waals surface area contributed by atoms with Gasteiger partial charge in [0.15, 0.2) is 11.6 Å². The number of nitrogens with one attached hydrogen (secondary N) is 1. The van der Waals surface area contributed by atoms with E-state index in [1.807, 2.05) is 0 Å². The molecule has 18 heavy (non-hydrogen) atoms. The van der Waals surface area contributed by atoms with Crippen molar-refractivity contribution < 1.29 is 9.18 Å². The molecule has 0 bridgehead atoms. The Morgan fingerprint density at radius 1 is 1.50 bits per heavy atom. The lowest BCUT2D eigenvalue weighted by Crippen LogP contribution is -2.40. The third kappa shape index (κ3) is 2.34. The maximum absolute atomic E-state index is 13.7. The van der Waals surface area contributed by atoms with Crippen LogP contribution in [0.15, 0.2) is 6.33 Å². The lowest BCUT2D eigenvalue weighted by Gasteiger charge is -2.32. The maximum Gasteiger partial charge on any atom is 0.222 e. The molecule has 2 rings (SSSR count). The highest BCUT2D eigenvalue weighted by Gasteiger charge is 2.26. The molecule has 0 aromatic carbocycles. The second-order valence-corrected chi connectivity index (χ2v) is 4.27. The number of anilines is 2. The van der Waals surface area contributed by atoms with Gasteiger partial charge in [0.25, 0.3) is 0 Å². The highest BCUT2D eigenvalue weighted by Crippen LogP contribution is 2.25. The lowest BCUT2D eigenvalue weighted by atomic mass is 9.96. The molecule has 1 aliphatic heterocycles. The van der Waals surface area contributed by atoms with Gasteiger partial charge in [0.2, 0.25) is 11.7 Å². The second kappa shape index (κ2) is 5.16. The van der Waals surface area contributed by atoms with Crippen LogP contribution in [0.5, 0.6) is 0 Å². The number of nitrogen functional groups attached to an aromatic ring is 1. The number of hydrogen-bond acceptors (Lipinski definition) is 5. The SMILES string of the molecule is CNC(=O)C1CCN(c2ncnc(N)c2F)CC1. The number of carbonyl (C=O) groups is 1. The van der Waals surface area contributed by atoms with Crippen LogP contribution in [0.3, 0.4) is 0 Å². The van der Waals surface area contributed by atoms with E-state index in [9.17, 15) is 9.18 Å². The van der Waals surface area contributed by atoms with E-state index in [0.717, 1.165) is 0 Å². The van der Waals surface area contributed by atoms with Crippen LogP contribution in [0, 0.1) is 11.7 Å². The van der Waals surface area contributed by atoms with Crippen LogP contribution < -0.4 is 16.0 Å². The Labute approximate surface area is 104 Å². The smallest absolute Gasteiger partial charge is 0.222 e. The summed E-state index contributed by atoms with van der Waals surface area (Å²) in [6.45, 7) is 1.18. The van der Waals surface area contributed by atoms with Crippen LogP contribution >= 0.6 is 0 Å². The molecule has 0 saturated carbocycles. The van der Waals surface area contributed by atoms with Gasteiger partial charge < -0.3 is 16.0 Å². The number of rotatable bonds is 2. The van der Waals surface area contributed by atoms with Gasteiger partial charge in [0.05, 0.1) is 0 Å². The summed E-state index contributed by atoms with van der Waals surface area (Å²) in [5.74, 6) is -0.479. The van der Waals surface area contributed by atoms with Gasteiger partial charge in [-0.1, -0.05) is 0 Å². The minimum Gasteiger partial charge on any atom is -0.381 e. The standard InChI is InChI=1S/C11H16FN5O/c1-14-11(18)7-2-4-17(5-3-7)10-8(12)9(13)15-6-16-10/h6-7H,2-5H2,1H3,(H,14,18)(H2,13,15,16).